The first kappa shape index (κ1) is 18.6. The number of halogens is 1. The van der Waals surface area contributed by atoms with E-state index in [-0.39, 0.29) is 16.6 Å². The number of aromatic nitrogens is 2. The van der Waals surface area contributed by atoms with Gasteiger partial charge >= 0.3 is 0 Å². The van der Waals surface area contributed by atoms with Crippen LogP contribution in [0.2, 0.25) is 0 Å². The molecule has 6 nitrogen and oxygen atoms in total. The summed E-state index contributed by atoms with van der Waals surface area (Å²) < 4.78 is 0.820. The molecule has 0 spiro atoms. The van der Waals surface area contributed by atoms with Crippen LogP contribution in [-0.4, -0.2) is 15.9 Å². The third-order valence-electron chi connectivity index (χ3n) is 3.73. The summed E-state index contributed by atoms with van der Waals surface area (Å²) in [5, 5.41) is 2.99. The van der Waals surface area contributed by atoms with Crippen LogP contribution in [0, 0.1) is 0 Å². The van der Waals surface area contributed by atoms with E-state index in [4.69, 9.17) is 0 Å². The molecular formula is C20H16BrN3O3. The summed E-state index contributed by atoms with van der Waals surface area (Å²) in [6.07, 6.45) is 3.18. The quantitative estimate of drug-likeness (QED) is 0.592. The highest BCUT2D eigenvalue weighted by atomic mass is 79.9. The van der Waals surface area contributed by atoms with E-state index in [1.807, 2.05) is 24.3 Å². The number of carbonyl (C=O) groups is 1. The first-order valence-corrected chi connectivity index (χ1v) is 8.90. The van der Waals surface area contributed by atoms with Crippen molar-refractivity contribution in [3.05, 3.63) is 95.5 Å². The van der Waals surface area contributed by atoms with Crippen LogP contribution in [0.5, 0.6) is 0 Å². The molecule has 2 aromatic carbocycles. The van der Waals surface area contributed by atoms with Gasteiger partial charge in [0.2, 0.25) is 5.91 Å². The zero-order chi connectivity index (χ0) is 19.4. The summed E-state index contributed by atoms with van der Waals surface area (Å²) in [4.78, 5) is 40.9. The molecule has 136 valence electrons. The smallest absolute Gasteiger partial charge is 0.272 e. The Labute approximate surface area is 162 Å². The van der Waals surface area contributed by atoms with Gasteiger partial charge in [-0.3, -0.25) is 14.4 Å². The minimum absolute atomic E-state index is 0.150. The molecule has 1 amide bonds. The Kier molecular flexibility index (Phi) is 5.52. The fraction of sp³-hybridized carbons (Fsp3) is 0.0500. The van der Waals surface area contributed by atoms with Gasteiger partial charge in [-0.25, -0.2) is 0 Å². The van der Waals surface area contributed by atoms with Crippen LogP contribution in [0.4, 0.5) is 5.69 Å². The average Bonchev–Trinajstić information content (AvgIpc) is 2.62. The van der Waals surface area contributed by atoms with E-state index in [0.717, 1.165) is 10.0 Å². The zero-order valence-corrected chi connectivity index (χ0v) is 16.0. The normalized spacial score (nSPS) is 12.2. The van der Waals surface area contributed by atoms with Crippen molar-refractivity contribution in [2.24, 2.45) is 0 Å². The molecule has 1 aromatic heterocycles. The second kappa shape index (κ2) is 8.01. The molecule has 3 aromatic rings. The van der Waals surface area contributed by atoms with Crippen LogP contribution < -0.4 is 27.1 Å². The standard InChI is InChI=1S/C20H16BrN3O3/c1-12(25)22-15-8-6-13(7-9-15)10-17-19(26)24-18(20(27)23-17)11-14-4-2-3-5-16(14)21/h2-11H,1H3,(H,22,25)(H,23,27)(H,24,26)/b17-10-,18-11-. The lowest BCUT2D eigenvalue weighted by Gasteiger charge is -2.01. The van der Waals surface area contributed by atoms with Crippen molar-refractivity contribution in [2.45, 2.75) is 6.92 Å². The topological polar surface area (TPSA) is 94.8 Å². The van der Waals surface area contributed by atoms with Crippen LogP contribution in [0.15, 0.2) is 62.6 Å². The number of carbonyl (C=O) groups excluding carboxylic acids is 1. The Morgan fingerprint density at radius 3 is 2.11 bits per heavy atom. The first-order chi connectivity index (χ1) is 12.9. The number of benzene rings is 2. The third kappa shape index (κ3) is 4.71. The maximum atomic E-state index is 12.3. The summed E-state index contributed by atoms with van der Waals surface area (Å²) in [6.45, 7) is 1.43. The largest absolute Gasteiger partial charge is 0.326 e. The highest BCUT2D eigenvalue weighted by Gasteiger charge is 2.00. The molecule has 0 aliphatic carbocycles. The second-order valence-electron chi connectivity index (χ2n) is 5.85. The minimum atomic E-state index is -0.404. The highest BCUT2D eigenvalue weighted by Crippen LogP contribution is 2.15. The molecular weight excluding hydrogens is 410 g/mol. The Hall–Kier alpha value is -3.19. The van der Waals surface area contributed by atoms with Crippen molar-refractivity contribution < 1.29 is 4.79 Å². The van der Waals surface area contributed by atoms with Gasteiger partial charge in [-0.15, -0.1) is 0 Å². The number of H-pyrrole nitrogens is 2. The van der Waals surface area contributed by atoms with E-state index in [1.54, 1.807) is 36.4 Å². The summed E-state index contributed by atoms with van der Waals surface area (Å²) in [6, 6.07) is 14.3. The molecule has 0 bridgehead atoms. The van der Waals surface area contributed by atoms with Crippen LogP contribution >= 0.6 is 15.9 Å². The maximum absolute atomic E-state index is 12.3. The molecule has 1 heterocycles. The average molecular weight is 426 g/mol. The lowest BCUT2D eigenvalue weighted by molar-refractivity contribution is -0.114. The predicted octanol–water partition coefficient (Wildman–Crippen LogP) is 1.44. The maximum Gasteiger partial charge on any atom is 0.272 e. The molecule has 3 rings (SSSR count). The summed E-state index contributed by atoms with van der Waals surface area (Å²) >= 11 is 3.41. The van der Waals surface area contributed by atoms with Crippen molar-refractivity contribution in [3.63, 3.8) is 0 Å². The van der Waals surface area contributed by atoms with Crippen LogP contribution in [0.25, 0.3) is 12.2 Å². The number of hydrogen-bond acceptors (Lipinski definition) is 3. The van der Waals surface area contributed by atoms with Gasteiger partial charge in [-0.1, -0.05) is 46.3 Å². The summed E-state index contributed by atoms with van der Waals surface area (Å²) in [5.41, 5.74) is 1.35. The van der Waals surface area contributed by atoms with Gasteiger partial charge in [0.25, 0.3) is 11.1 Å². The van der Waals surface area contributed by atoms with Gasteiger partial charge in [0.1, 0.15) is 10.7 Å². The number of amides is 1. The van der Waals surface area contributed by atoms with E-state index < -0.39 is 11.1 Å². The van der Waals surface area contributed by atoms with E-state index in [1.165, 1.54) is 6.92 Å². The Balaban J connectivity index is 2.01. The van der Waals surface area contributed by atoms with Crippen molar-refractivity contribution in [2.75, 3.05) is 5.32 Å². The summed E-state index contributed by atoms with van der Waals surface area (Å²) in [7, 11) is 0. The van der Waals surface area contributed by atoms with E-state index in [2.05, 4.69) is 31.2 Å². The fourth-order valence-electron chi connectivity index (χ4n) is 2.48. The Morgan fingerprint density at radius 2 is 1.52 bits per heavy atom. The van der Waals surface area contributed by atoms with Crippen molar-refractivity contribution in [1.82, 2.24) is 9.97 Å². The van der Waals surface area contributed by atoms with E-state index in [9.17, 15) is 14.4 Å². The molecule has 0 unspecified atom stereocenters. The van der Waals surface area contributed by atoms with Crippen LogP contribution in [0.3, 0.4) is 0 Å². The Bertz CT molecular complexity index is 1220. The lowest BCUT2D eigenvalue weighted by atomic mass is 10.2. The van der Waals surface area contributed by atoms with Crippen molar-refractivity contribution in [1.29, 1.82) is 0 Å². The molecule has 0 aliphatic rings. The molecule has 3 N–H and O–H groups in total. The van der Waals surface area contributed by atoms with Gasteiger partial charge in [0.15, 0.2) is 0 Å². The van der Waals surface area contributed by atoms with Crippen molar-refractivity contribution in [3.8, 4) is 0 Å². The molecule has 0 radical (unpaired) electrons. The molecule has 0 atom stereocenters. The van der Waals surface area contributed by atoms with Crippen LogP contribution in [0.1, 0.15) is 18.1 Å². The Morgan fingerprint density at radius 1 is 0.926 bits per heavy atom. The lowest BCUT2D eigenvalue weighted by Crippen LogP contribution is -2.46. The number of anilines is 1. The SMILES string of the molecule is CC(=O)Nc1ccc(/C=c2\[nH]c(=O)/c(=C/c3ccccc3Br)[nH]c2=O)cc1. The molecule has 0 aliphatic heterocycles. The van der Waals surface area contributed by atoms with Gasteiger partial charge in [0, 0.05) is 17.1 Å². The molecule has 0 fully saturated rings. The monoisotopic (exact) mass is 425 g/mol. The van der Waals surface area contributed by atoms with E-state index in [0.29, 0.717) is 11.3 Å². The molecule has 27 heavy (non-hydrogen) atoms. The molecule has 0 saturated carbocycles. The molecule has 0 saturated heterocycles. The highest BCUT2D eigenvalue weighted by molar-refractivity contribution is 9.10. The summed E-state index contributed by atoms with van der Waals surface area (Å²) in [5.74, 6) is -0.163. The third-order valence-corrected chi connectivity index (χ3v) is 4.45. The second-order valence-corrected chi connectivity index (χ2v) is 6.70. The van der Waals surface area contributed by atoms with Gasteiger partial charge in [-0.2, -0.15) is 0 Å². The van der Waals surface area contributed by atoms with E-state index >= 15 is 0 Å². The first-order valence-electron chi connectivity index (χ1n) is 8.10. The number of aromatic amines is 2. The van der Waals surface area contributed by atoms with Crippen LogP contribution in [-0.2, 0) is 4.79 Å². The number of rotatable bonds is 3. The zero-order valence-electron chi connectivity index (χ0n) is 14.4. The van der Waals surface area contributed by atoms with Gasteiger partial charge in [0.05, 0.1) is 0 Å². The molecule has 7 heteroatoms. The number of hydrogen-bond donors (Lipinski definition) is 3. The minimum Gasteiger partial charge on any atom is -0.326 e. The van der Waals surface area contributed by atoms with Gasteiger partial charge in [-0.05, 0) is 41.5 Å². The van der Waals surface area contributed by atoms with Gasteiger partial charge < -0.3 is 15.3 Å². The number of nitrogens with one attached hydrogen (secondary N) is 3. The fourth-order valence-corrected chi connectivity index (χ4v) is 2.88. The van der Waals surface area contributed by atoms with Crippen molar-refractivity contribution >= 4 is 39.7 Å². The predicted molar refractivity (Wildman–Crippen MR) is 109 cm³/mol.